The van der Waals surface area contributed by atoms with Crippen LogP contribution >= 0.6 is 46.4 Å². The first-order chi connectivity index (χ1) is 51.6. The largest absolute Gasteiger partial charge is 0.416 e. The zero-order valence-corrected chi connectivity index (χ0v) is 63.0. The van der Waals surface area contributed by atoms with Gasteiger partial charge in [0.05, 0.1) is 20.6 Å². The number of halogens is 8. The van der Waals surface area contributed by atoms with E-state index in [4.69, 9.17) is 61.4 Å². The molecule has 0 amide bonds. The topological polar surface area (TPSA) is 84.2 Å². The lowest BCUT2D eigenvalue weighted by Gasteiger charge is -2.31. The van der Waals surface area contributed by atoms with E-state index in [0.717, 1.165) is 145 Å². The molecule has 4 aromatic carbocycles. The van der Waals surface area contributed by atoms with E-state index in [1.54, 1.807) is 30.7 Å². The normalized spacial score (nSPS) is 19.7. The highest BCUT2D eigenvalue weighted by atomic mass is 35.5. The molecule has 20 rings (SSSR count). The van der Waals surface area contributed by atoms with Crippen molar-refractivity contribution in [2.45, 2.75) is 166 Å². The van der Waals surface area contributed by atoms with Gasteiger partial charge in [-0.3, -0.25) is 19.6 Å². The minimum atomic E-state index is -4.29. The van der Waals surface area contributed by atoms with Crippen LogP contribution in [-0.4, -0.2) is 110 Å². The average molecular weight is 1510 g/mol. The molecule has 8 aliphatic rings. The minimum absolute atomic E-state index is 0.185. The summed E-state index contributed by atoms with van der Waals surface area (Å²) in [6.07, 6.45) is 20.8. The third-order valence-corrected chi connectivity index (χ3v) is 24.9. The van der Waals surface area contributed by atoms with Gasteiger partial charge in [-0.05, 0) is 221 Å². The van der Waals surface area contributed by atoms with Crippen molar-refractivity contribution in [3.8, 4) is 0 Å². The lowest BCUT2D eigenvalue weighted by Crippen LogP contribution is -2.31. The summed E-state index contributed by atoms with van der Waals surface area (Å²) in [7, 11) is 0. The number of benzene rings is 4. The van der Waals surface area contributed by atoms with Crippen LogP contribution in [0.5, 0.6) is 0 Å². The fourth-order valence-corrected chi connectivity index (χ4v) is 19.8. The van der Waals surface area contributed by atoms with Crippen molar-refractivity contribution in [3.63, 3.8) is 0 Å². The summed E-state index contributed by atoms with van der Waals surface area (Å²) in [5.74, 6) is -0.185. The van der Waals surface area contributed by atoms with Gasteiger partial charge in [-0.15, -0.1) is 0 Å². The monoisotopic (exact) mass is 1500 g/mol. The second-order valence-corrected chi connectivity index (χ2v) is 32.0. The first-order valence-corrected chi connectivity index (χ1v) is 39.8. The van der Waals surface area contributed by atoms with Crippen LogP contribution in [0.15, 0.2) is 152 Å². The van der Waals surface area contributed by atoms with E-state index in [1.807, 2.05) is 30.5 Å². The summed E-state index contributed by atoms with van der Waals surface area (Å²) in [6, 6.07) is 41.9. The molecule has 0 radical (unpaired) electrons. The molecule has 20 heteroatoms. The zero-order chi connectivity index (χ0) is 72.3. The maximum Gasteiger partial charge on any atom is 0.416 e. The Morgan fingerprint density at radius 2 is 0.679 bits per heavy atom. The van der Waals surface area contributed by atoms with Crippen LogP contribution < -0.4 is 0 Å². The summed E-state index contributed by atoms with van der Waals surface area (Å²) < 4.78 is 61.2. The predicted molar refractivity (Wildman–Crippen MR) is 418 cm³/mol. The lowest BCUT2D eigenvalue weighted by atomic mass is 9.96. The number of rotatable bonds is 12. The third-order valence-electron chi connectivity index (χ3n) is 24.0. The Bertz CT molecular complexity index is 5030. The van der Waals surface area contributed by atoms with Gasteiger partial charge in [0.15, 0.2) is 0 Å². The van der Waals surface area contributed by atoms with Crippen molar-refractivity contribution in [2.24, 2.45) is 0 Å². The quantitative estimate of drug-likeness (QED) is 0.112. The number of hydrogen-bond donors (Lipinski definition) is 0. The van der Waals surface area contributed by atoms with Crippen molar-refractivity contribution < 1.29 is 17.6 Å². The molecule has 0 bridgehead atoms. The molecule has 0 spiro atoms. The van der Waals surface area contributed by atoms with Gasteiger partial charge in [0.2, 0.25) is 0 Å². The Labute approximate surface area is 636 Å². The number of alkyl halides is 3. The van der Waals surface area contributed by atoms with Gasteiger partial charge < -0.3 is 18.3 Å². The molecule has 8 aromatic heterocycles. The maximum atomic E-state index is 13.2. The van der Waals surface area contributed by atoms with E-state index in [9.17, 15) is 17.6 Å². The second-order valence-electron chi connectivity index (χ2n) is 30.2. The van der Waals surface area contributed by atoms with Crippen molar-refractivity contribution in [3.05, 3.63) is 256 Å². The fourth-order valence-electron chi connectivity index (χ4n) is 19.2. The Kier molecular flexibility index (Phi) is 20.5. The van der Waals surface area contributed by atoms with Gasteiger partial charge in [0.25, 0.3) is 0 Å². The van der Waals surface area contributed by atoms with Crippen molar-refractivity contribution >= 4 is 90.5 Å². The zero-order valence-electron chi connectivity index (χ0n) is 59.9. The highest BCUT2D eigenvalue weighted by Crippen LogP contribution is 2.48. The molecule has 8 aliphatic heterocycles. The lowest BCUT2D eigenvalue weighted by molar-refractivity contribution is -0.137. The summed E-state index contributed by atoms with van der Waals surface area (Å²) in [6.45, 7) is 14.9. The summed E-state index contributed by atoms with van der Waals surface area (Å²) in [4.78, 5) is 29.3. The van der Waals surface area contributed by atoms with Crippen LogP contribution in [0.4, 0.5) is 17.6 Å². The van der Waals surface area contributed by atoms with E-state index in [2.05, 4.69) is 117 Å². The Hall–Kier alpha value is -7.64. The van der Waals surface area contributed by atoms with Crippen molar-refractivity contribution in [1.82, 2.24) is 57.8 Å². The average Bonchev–Trinajstić information content (AvgIpc) is 1.61. The molecule has 4 unspecified atom stereocenters. The summed E-state index contributed by atoms with van der Waals surface area (Å²) >= 11 is 24.9. The number of hydrogen-bond acceptors (Lipinski definition) is 8. The van der Waals surface area contributed by atoms with Crippen LogP contribution in [0.2, 0.25) is 20.1 Å². The van der Waals surface area contributed by atoms with Crippen LogP contribution in [0.3, 0.4) is 0 Å². The molecule has 4 saturated heterocycles. The van der Waals surface area contributed by atoms with E-state index < -0.39 is 11.7 Å². The smallest absolute Gasteiger partial charge is 0.329 e. The summed E-state index contributed by atoms with van der Waals surface area (Å²) in [5, 5.41) is 7.94. The van der Waals surface area contributed by atoms with E-state index in [-0.39, 0.29) is 5.82 Å². The Morgan fingerprint density at radius 3 is 1.03 bits per heavy atom. The van der Waals surface area contributed by atoms with Crippen LogP contribution in [-0.2, 0) is 83.7 Å². The highest BCUT2D eigenvalue weighted by Gasteiger charge is 2.40. The number of nitrogens with zero attached hydrogens (tertiary/aromatic N) is 12. The molecule has 548 valence electrons. The van der Waals surface area contributed by atoms with Gasteiger partial charge >= 0.3 is 6.18 Å². The SMILES string of the molecule is Cc1cnc2c(c1)c1c(n2CCc2ccc(C(F)(F)F)cc2)CCN2CCCC12.Clc1ccc(CCn2c3c(c4cc(Cl)cnc42)C2CCCN2CC3)cc1.Clc1cnc2c(c1)c1c(n2CCc2ccccc2)CCN2CCCC12.Fc1ccc(CCn2c3c(c4cc(Cl)cnc42)C2CCCN2CC3)cc1. The first-order valence-electron chi connectivity index (χ1n) is 38.3. The van der Waals surface area contributed by atoms with E-state index >= 15 is 0 Å². The Balaban J connectivity index is 0.000000104. The van der Waals surface area contributed by atoms with Crippen molar-refractivity contribution in [1.29, 1.82) is 0 Å². The molecule has 12 nitrogen and oxygen atoms in total. The fraction of sp³-hybridized carbons (Fsp3) is 0.395. The standard InChI is InChI=1S/C23H24F3N3.C21H21Cl2N3.C21H21ClFN3.C21H22ClN3/c1-15-13-18-21-19-3-2-10-28(19)11-9-20(21)29(22(18)27-14-15)12-8-16-4-6-17(7-5-16)23(24,25)26;22-15-5-3-14(4-6-15)7-11-26-19-8-10-25-9-1-2-18(25)20(19)17-12-16(23)13-24-21(17)26;22-15-12-17-20-18-2-1-9-25(18)10-8-19(20)26(21(17)24-13-15)11-7-14-3-5-16(23)6-4-14;22-16-13-17-20-18-7-4-10-24(18)11-9-19(20)25(21(17)23-14-16)12-8-15-5-2-1-3-6-15/h4-7,13-14,19H,2-3,8-12H2,1H3;2*3-6,12-13,18H,1-2,7-11H2;1-3,5-6,13-14,18H,4,7-12H2. The van der Waals surface area contributed by atoms with Gasteiger partial charge in [0, 0.05) is 176 Å². The molecule has 4 atom stereocenters. The first kappa shape index (κ1) is 71.3. The number of fused-ring (bicyclic) bond motifs is 20. The molecule has 106 heavy (non-hydrogen) atoms. The molecular weight excluding hydrogens is 1420 g/mol. The maximum absolute atomic E-state index is 13.2. The highest BCUT2D eigenvalue weighted by molar-refractivity contribution is 6.32. The van der Waals surface area contributed by atoms with Crippen LogP contribution in [0.1, 0.15) is 154 Å². The molecule has 0 saturated carbocycles. The molecule has 0 N–H and O–H groups in total. The molecule has 16 heterocycles. The molecule has 12 aromatic rings. The molecule has 4 fully saturated rings. The number of pyridine rings is 4. The van der Waals surface area contributed by atoms with Gasteiger partial charge in [0.1, 0.15) is 28.4 Å². The predicted octanol–water partition coefficient (Wildman–Crippen LogP) is 20.0. The van der Waals surface area contributed by atoms with Gasteiger partial charge in [-0.2, -0.15) is 13.2 Å². The van der Waals surface area contributed by atoms with Crippen LogP contribution in [0.25, 0.3) is 44.1 Å². The van der Waals surface area contributed by atoms with E-state index in [0.29, 0.717) is 35.6 Å². The third kappa shape index (κ3) is 14.2. The molecule has 0 aliphatic carbocycles. The van der Waals surface area contributed by atoms with Gasteiger partial charge in [-0.25, -0.2) is 24.3 Å². The minimum Gasteiger partial charge on any atom is -0.329 e. The van der Waals surface area contributed by atoms with Gasteiger partial charge in [-0.1, -0.05) is 113 Å². The second kappa shape index (κ2) is 30.4. The Morgan fingerprint density at radius 1 is 0.368 bits per heavy atom. The van der Waals surface area contributed by atoms with Crippen LogP contribution in [0, 0.1) is 12.7 Å². The number of aryl methyl sites for hydroxylation is 9. The van der Waals surface area contributed by atoms with Crippen molar-refractivity contribution in [2.75, 3.05) is 52.4 Å². The molecular formula is C86H88Cl4F4N12. The number of aromatic nitrogens is 8. The summed E-state index contributed by atoms with van der Waals surface area (Å²) in [5.41, 5.74) is 21.2. The van der Waals surface area contributed by atoms with E-state index in [1.165, 1.54) is 186 Å².